The lowest BCUT2D eigenvalue weighted by Crippen LogP contribution is -2.36. The second-order valence-electron chi connectivity index (χ2n) is 4.13. The summed E-state index contributed by atoms with van der Waals surface area (Å²) in [6.45, 7) is 2.31. The van der Waals surface area contributed by atoms with Gasteiger partial charge in [-0.15, -0.1) is 0 Å². The number of methoxy groups -OCH3 is 1. The summed E-state index contributed by atoms with van der Waals surface area (Å²) in [7, 11) is 1.35. The van der Waals surface area contributed by atoms with Crippen LogP contribution in [0.15, 0.2) is 30.3 Å². The first-order valence-electron chi connectivity index (χ1n) is 6.07. The molecular weight excluding hydrogens is 310 g/mol. The van der Waals surface area contributed by atoms with Gasteiger partial charge in [-0.3, -0.25) is 9.59 Å². The fourth-order valence-corrected chi connectivity index (χ4v) is 2.16. The minimum absolute atomic E-state index is 0.0414. The molecule has 0 fully saturated rings. The van der Waals surface area contributed by atoms with Gasteiger partial charge in [0.15, 0.2) is 0 Å². The zero-order chi connectivity index (χ0) is 14.3. The van der Waals surface area contributed by atoms with E-state index < -0.39 is 0 Å². The monoisotopic (exact) mass is 327 g/mol. The number of esters is 1. The van der Waals surface area contributed by atoms with Crippen molar-refractivity contribution in [3.8, 4) is 0 Å². The van der Waals surface area contributed by atoms with Gasteiger partial charge in [-0.05, 0) is 12.5 Å². The first kappa shape index (κ1) is 15.7. The topological polar surface area (TPSA) is 46.6 Å². The molecule has 0 saturated heterocycles. The zero-order valence-corrected chi connectivity index (χ0v) is 12.7. The third kappa shape index (κ3) is 4.67. The summed E-state index contributed by atoms with van der Waals surface area (Å²) in [5.41, 5.74) is 1.04. The molecule has 0 heterocycles. The van der Waals surface area contributed by atoms with Crippen LogP contribution in [0.3, 0.4) is 0 Å². The van der Waals surface area contributed by atoms with Crippen molar-refractivity contribution in [2.75, 3.05) is 19.0 Å². The molecule has 0 N–H and O–H groups in total. The van der Waals surface area contributed by atoms with Crippen LogP contribution in [0, 0.1) is 0 Å². The Morgan fingerprint density at radius 3 is 2.47 bits per heavy atom. The number of hydrogen-bond acceptors (Lipinski definition) is 3. The Morgan fingerprint density at radius 2 is 1.95 bits per heavy atom. The normalized spacial score (nSPS) is 11.7. The van der Waals surface area contributed by atoms with E-state index in [0.29, 0.717) is 6.54 Å². The predicted molar refractivity (Wildman–Crippen MR) is 77.0 cm³/mol. The maximum Gasteiger partial charge on any atom is 0.307 e. The van der Waals surface area contributed by atoms with Crippen molar-refractivity contribution in [1.29, 1.82) is 0 Å². The Balaban J connectivity index is 2.79. The average Bonchev–Trinajstić information content (AvgIpc) is 2.47. The summed E-state index contributed by atoms with van der Waals surface area (Å²) < 4.78 is 4.61. The molecule has 104 valence electrons. The molecule has 1 aromatic carbocycles. The number of hydrogen-bond donors (Lipinski definition) is 0. The molecule has 1 atom stereocenters. The van der Waals surface area contributed by atoms with Crippen LogP contribution < -0.4 is 0 Å². The molecule has 0 aromatic heterocycles. The van der Waals surface area contributed by atoms with Crippen LogP contribution in [0.5, 0.6) is 0 Å². The molecule has 0 saturated carbocycles. The lowest BCUT2D eigenvalue weighted by molar-refractivity contribution is -0.141. The van der Waals surface area contributed by atoms with E-state index in [4.69, 9.17) is 0 Å². The van der Waals surface area contributed by atoms with E-state index in [9.17, 15) is 9.59 Å². The van der Waals surface area contributed by atoms with E-state index in [-0.39, 0.29) is 29.7 Å². The fraction of sp³-hybridized carbons (Fsp3) is 0.429. The first-order chi connectivity index (χ1) is 9.10. The van der Waals surface area contributed by atoms with Crippen molar-refractivity contribution in [3.63, 3.8) is 0 Å². The molecule has 5 heteroatoms. The highest BCUT2D eigenvalue weighted by Gasteiger charge is 2.21. The molecule has 0 bridgehead atoms. The smallest absolute Gasteiger partial charge is 0.307 e. The van der Waals surface area contributed by atoms with Gasteiger partial charge in [-0.1, -0.05) is 46.3 Å². The third-order valence-electron chi connectivity index (χ3n) is 2.97. The molecule has 1 rings (SSSR count). The predicted octanol–water partition coefficient (Wildman–Crippen LogP) is 2.53. The standard InChI is InChI=1S/C14H18BrNO3/c1-11(12-6-4-3-5-7-12)16(13(17)10-15)9-8-14(18)19-2/h3-7,11H,8-10H2,1-2H3/t11-/m0/s1. The highest BCUT2D eigenvalue weighted by Crippen LogP contribution is 2.20. The number of carbonyl (C=O) groups excluding carboxylic acids is 2. The lowest BCUT2D eigenvalue weighted by atomic mass is 10.1. The van der Waals surface area contributed by atoms with Gasteiger partial charge in [-0.2, -0.15) is 0 Å². The van der Waals surface area contributed by atoms with Crippen LogP contribution in [0.4, 0.5) is 0 Å². The number of benzene rings is 1. The molecule has 0 radical (unpaired) electrons. The SMILES string of the molecule is COC(=O)CCN(C(=O)CBr)[C@@H](C)c1ccccc1. The number of alkyl halides is 1. The Hall–Kier alpha value is -1.36. The van der Waals surface area contributed by atoms with Crippen molar-refractivity contribution in [3.05, 3.63) is 35.9 Å². The van der Waals surface area contributed by atoms with Crippen molar-refractivity contribution < 1.29 is 14.3 Å². The average molecular weight is 328 g/mol. The van der Waals surface area contributed by atoms with Crippen molar-refractivity contribution >= 4 is 27.8 Å². The van der Waals surface area contributed by atoms with Crippen LogP contribution in [-0.4, -0.2) is 35.8 Å². The van der Waals surface area contributed by atoms with Crippen LogP contribution in [0.25, 0.3) is 0 Å². The van der Waals surface area contributed by atoms with Crippen molar-refractivity contribution in [1.82, 2.24) is 4.90 Å². The van der Waals surface area contributed by atoms with E-state index in [1.54, 1.807) is 4.90 Å². The van der Waals surface area contributed by atoms with Crippen molar-refractivity contribution in [2.45, 2.75) is 19.4 Å². The summed E-state index contributed by atoms with van der Waals surface area (Å²) in [6.07, 6.45) is 0.201. The second-order valence-corrected chi connectivity index (χ2v) is 4.69. The Labute approximate surface area is 121 Å². The third-order valence-corrected chi connectivity index (χ3v) is 3.45. The van der Waals surface area contributed by atoms with E-state index >= 15 is 0 Å². The number of ether oxygens (including phenoxy) is 1. The summed E-state index contributed by atoms with van der Waals surface area (Å²) in [5, 5.41) is 0.241. The Kier molecular flexibility index (Phi) is 6.56. The summed E-state index contributed by atoms with van der Waals surface area (Å²) in [4.78, 5) is 24.9. The summed E-state index contributed by atoms with van der Waals surface area (Å²) >= 11 is 3.17. The van der Waals surface area contributed by atoms with Crippen molar-refractivity contribution in [2.24, 2.45) is 0 Å². The van der Waals surface area contributed by atoms with Gasteiger partial charge in [0.05, 0.1) is 24.9 Å². The molecule has 0 unspecified atom stereocenters. The number of carbonyl (C=O) groups is 2. The van der Waals surface area contributed by atoms with Gasteiger partial charge in [0, 0.05) is 6.54 Å². The van der Waals surface area contributed by atoms with Crippen LogP contribution in [-0.2, 0) is 14.3 Å². The molecule has 0 aliphatic carbocycles. The summed E-state index contributed by atoms with van der Waals surface area (Å²) in [6, 6.07) is 9.66. The molecule has 4 nitrogen and oxygen atoms in total. The first-order valence-corrected chi connectivity index (χ1v) is 7.19. The fourth-order valence-electron chi connectivity index (χ4n) is 1.84. The minimum Gasteiger partial charge on any atom is -0.469 e. The molecule has 0 aliphatic heterocycles. The number of nitrogens with zero attached hydrogens (tertiary/aromatic N) is 1. The maximum absolute atomic E-state index is 12.0. The Morgan fingerprint density at radius 1 is 1.32 bits per heavy atom. The molecule has 0 aliphatic rings. The lowest BCUT2D eigenvalue weighted by Gasteiger charge is -2.29. The van der Waals surface area contributed by atoms with Gasteiger partial charge < -0.3 is 9.64 Å². The van der Waals surface area contributed by atoms with Crippen LogP contribution in [0.2, 0.25) is 0 Å². The molecular formula is C14H18BrNO3. The van der Waals surface area contributed by atoms with Gasteiger partial charge in [0.25, 0.3) is 0 Å². The number of amides is 1. The van der Waals surface area contributed by atoms with Crippen LogP contribution >= 0.6 is 15.9 Å². The van der Waals surface area contributed by atoms with E-state index in [0.717, 1.165) is 5.56 Å². The maximum atomic E-state index is 12.0. The second kappa shape index (κ2) is 7.94. The van der Waals surface area contributed by atoms with E-state index in [1.165, 1.54) is 7.11 Å². The molecule has 1 aromatic rings. The minimum atomic E-state index is -0.312. The van der Waals surface area contributed by atoms with Gasteiger partial charge in [-0.25, -0.2) is 0 Å². The van der Waals surface area contributed by atoms with Gasteiger partial charge >= 0.3 is 5.97 Å². The molecule has 0 spiro atoms. The molecule has 19 heavy (non-hydrogen) atoms. The highest BCUT2D eigenvalue weighted by atomic mass is 79.9. The van der Waals surface area contributed by atoms with E-state index in [2.05, 4.69) is 20.7 Å². The Bertz CT molecular complexity index is 422. The zero-order valence-electron chi connectivity index (χ0n) is 11.1. The molecule has 1 amide bonds. The summed E-state index contributed by atoms with van der Waals surface area (Å²) in [5.74, 6) is -0.354. The van der Waals surface area contributed by atoms with Gasteiger partial charge in [0.2, 0.25) is 5.91 Å². The highest BCUT2D eigenvalue weighted by molar-refractivity contribution is 9.09. The van der Waals surface area contributed by atoms with E-state index in [1.807, 2.05) is 37.3 Å². The van der Waals surface area contributed by atoms with Gasteiger partial charge in [0.1, 0.15) is 0 Å². The number of halogens is 1. The number of rotatable bonds is 6. The quantitative estimate of drug-likeness (QED) is 0.595. The largest absolute Gasteiger partial charge is 0.469 e. The van der Waals surface area contributed by atoms with Crippen LogP contribution in [0.1, 0.15) is 24.9 Å².